The van der Waals surface area contributed by atoms with Gasteiger partial charge in [-0.25, -0.2) is 0 Å². The number of carbonyl (C=O) groups excluding carboxylic acids is 2. The van der Waals surface area contributed by atoms with Crippen molar-refractivity contribution in [2.24, 2.45) is 0 Å². The molecule has 8 nitrogen and oxygen atoms in total. The summed E-state index contributed by atoms with van der Waals surface area (Å²) in [5.74, 6) is 0.817. The van der Waals surface area contributed by atoms with Crippen LogP contribution in [0.1, 0.15) is 60.5 Å². The average molecular weight is 510 g/mol. The van der Waals surface area contributed by atoms with Gasteiger partial charge in [-0.3, -0.25) is 9.59 Å². The zero-order chi connectivity index (χ0) is 26.4. The number of nitrogens with one attached hydrogen (secondary N) is 1. The molecule has 2 saturated heterocycles. The van der Waals surface area contributed by atoms with E-state index in [1.54, 1.807) is 24.3 Å². The minimum Gasteiger partial charge on any atom is -0.493 e. The quantitative estimate of drug-likeness (QED) is 0.480. The summed E-state index contributed by atoms with van der Waals surface area (Å²) in [6.45, 7) is 7.03. The molecule has 3 N–H and O–H groups in total. The summed E-state index contributed by atoms with van der Waals surface area (Å²) in [5, 5.41) is 22.7. The third-order valence-corrected chi connectivity index (χ3v) is 7.20. The fraction of sp³-hybridized carbons (Fsp3) is 0.517. The first-order chi connectivity index (χ1) is 17.8. The summed E-state index contributed by atoms with van der Waals surface area (Å²) in [7, 11) is 0. The lowest BCUT2D eigenvalue weighted by Crippen LogP contribution is -2.38. The molecule has 2 aliphatic rings. The van der Waals surface area contributed by atoms with Gasteiger partial charge in [-0.05, 0) is 48.1 Å². The Morgan fingerprint density at radius 2 is 1.70 bits per heavy atom. The first-order valence-corrected chi connectivity index (χ1v) is 13.3. The van der Waals surface area contributed by atoms with Crippen LogP contribution in [-0.2, 0) is 11.3 Å². The van der Waals surface area contributed by atoms with Crippen LogP contribution in [0.15, 0.2) is 48.5 Å². The molecular formula is C29H39N3O5. The Labute approximate surface area is 219 Å². The molecule has 2 aromatic carbocycles. The van der Waals surface area contributed by atoms with Crippen molar-refractivity contribution >= 4 is 11.8 Å². The van der Waals surface area contributed by atoms with Gasteiger partial charge in [0.15, 0.2) is 0 Å². The van der Waals surface area contributed by atoms with Gasteiger partial charge in [0.25, 0.3) is 5.91 Å². The van der Waals surface area contributed by atoms with Crippen LogP contribution < -0.4 is 10.1 Å². The van der Waals surface area contributed by atoms with Crippen molar-refractivity contribution in [3.8, 4) is 5.75 Å². The lowest BCUT2D eigenvalue weighted by atomic mass is 9.88. The third-order valence-electron chi connectivity index (χ3n) is 7.20. The highest BCUT2D eigenvalue weighted by Gasteiger charge is 2.32. The molecular weight excluding hydrogens is 470 g/mol. The number of hydrogen-bond acceptors (Lipinski definition) is 6. The second-order valence-electron chi connectivity index (χ2n) is 10.4. The van der Waals surface area contributed by atoms with Crippen LogP contribution in [0.5, 0.6) is 5.75 Å². The van der Waals surface area contributed by atoms with E-state index in [1.165, 1.54) is 16.0 Å². The molecule has 0 radical (unpaired) electrons. The van der Waals surface area contributed by atoms with Crippen LogP contribution in [0.3, 0.4) is 0 Å². The van der Waals surface area contributed by atoms with Crippen LogP contribution in [0, 0.1) is 0 Å². The number of rotatable bonds is 9. The van der Waals surface area contributed by atoms with E-state index in [-0.39, 0.29) is 37.9 Å². The maximum absolute atomic E-state index is 13.2. The van der Waals surface area contributed by atoms with Gasteiger partial charge in [0.05, 0.1) is 25.2 Å². The lowest BCUT2D eigenvalue weighted by molar-refractivity contribution is -0.131. The van der Waals surface area contributed by atoms with Gasteiger partial charge in [0, 0.05) is 44.3 Å². The largest absolute Gasteiger partial charge is 0.493 e. The molecule has 2 amide bonds. The molecule has 0 saturated carbocycles. The van der Waals surface area contributed by atoms with Crippen LogP contribution in [0.4, 0.5) is 0 Å². The molecule has 2 heterocycles. The normalized spacial score (nSPS) is 20.5. The van der Waals surface area contributed by atoms with Crippen LogP contribution in [-0.4, -0.2) is 82.9 Å². The SMILES string of the molecule is CC(C)NCc1cccc(C2CCN(C(=O)c3cccc(OCCC(=O)N4C[C@@H](O)[C@@H](O)C4)c3)CC2)c1. The topological polar surface area (TPSA) is 102 Å². The number of amides is 2. The number of aliphatic hydroxyl groups is 2. The Balaban J connectivity index is 1.26. The number of piperidine rings is 1. The predicted molar refractivity (Wildman–Crippen MR) is 141 cm³/mol. The Bertz CT molecular complexity index is 1060. The van der Waals surface area contributed by atoms with Crippen molar-refractivity contribution in [3.63, 3.8) is 0 Å². The van der Waals surface area contributed by atoms with Gasteiger partial charge in [0.2, 0.25) is 5.91 Å². The molecule has 2 atom stereocenters. The fourth-order valence-corrected chi connectivity index (χ4v) is 4.98. The van der Waals surface area contributed by atoms with Crippen LogP contribution in [0.25, 0.3) is 0 Å². The minimum atomic E-state index is -0.894. The predicted octanol–water partition coefficient (Wildman–Crippen LogP) is 2.54. The van der Waals surface area contributed by atoms with E-state index >= 15 is 0 Å². The number of nitrogens with zero attached hydrogens (tertiary/aromatic N) is 2. The zero-order valence-electron chi connectivity index (χ0n) is 21.8. The van der Waals surface area contributed by atoms with Crippen molar-refractivity contribution in [3.05, 3.63) is 65.2 Å². The molecule has 2 fully saturated rings. The second kappa shape index (κ2) is 12.5. The first-order valence-electron chi connectivity index (χ1n) is 13.3. The number of β-amino-alcohol motifs (C(OH)–C–C–N with tert-alkyl or cyclic N) is 2. The van der Waals surface area contributed by atoms with Crippen molar-refractivity contribution in [1.82, 2.24) is 15.1 Å². The molecule has 2 aliphatic heterocycles. The third kappa shape index (κ3) is 7.31. The average Bonchev–Trinajstić information content (AvgIpc) is 3.25. The van der Waals surface area contributed by atoms with Gasteiger partial charge >= 0.3 is 0 Å². The Kier molecular flexibility index (Phi) is 9.18. The summed E-state index contributed by atoms with van der Waals surface area (Å²) in [6.07, 6.45) is 0.222. The number of aliphatic hydroxyl groups excluding tert-OH is 2. The summed E-state index contributed by atoms with van der Waals surface area (Å²) >= 11 is 0. The second-order valence-corrected chi connectivity index (χ2v) is 10.4. The number of ether oxygens (including phenoxy) is 1. The van der Waals surface area contributed by atoms with E-state index in [1.807, 2.05) is 4.90 Å². The monoisotopic (exact) mass is 509 g/mol. The van der Waals surface area contributed by atoms with Crippen molar-refractivity contribution < 1.29 is 24.5 Å². The molecule has 0 aliphatic carbocycles. The van der Waals surface area contributed by atoms with E-state index in [0.717, 1.165) is 19.4 Å². The molecule has 2 aromatic rings. The van der Waals surface area contributed by atoms with E-state index < -0.39 is 12.2 Å². The van der Waals surface area contributed by atoms with Gasteiger partial charge in [0.1, 0.15) is 5.75 Å². The van der Waals surface area contributed by atoms with E-state index in [9.17, 15) is 19.8 Å². The molecule has 0 unspecified atom stereocenters. The van der Waals surface area contributed by atoms with Crippen molar-refractivity contribution in [1.29, 1.82) is 0 Å². The molecule has 200 valence electrons. The maximum Gasteiger partial charge on any atom is 0.253 e. The van der Waals surface area contributed by atoms with Gasteiger partial charge in [-0.2, -0.15) is 0 Å². The molecule has 4 rings (SSSR count). The van der Waals surface area contributed by atoms with E-state index in [2.05, 4.69) is 43.4 Å². The summed E-state index contributed by atoms with van der Waals surface area (Å²) < 4.78 is 5.74. The van der Waals surface area contributed by atoms with Crippen LogP contribution >= 0.6 is 0 Å². The van der Waals surface area contributed by atoms with Gasteiger partial charge in [-0.15, -0.1) is 0 Å². The highest BCUT2D eigenvalue weighted by molar-refractivity contribution is 5.94. The number of hydrogen-bond donors (Lipinski definition) is 3. The summed E-state index contributed by atoms with van der Waals surface area (Å²) in [5.41, 5.74) is 3.21. The zero-order valence-corrected chi connectivity index (χ0v) is 21.8. The molecule has 37 heavy (non-hydrogen) atoms. The van der Waals surface area contributed by atoms with E-state index in [4.69, 9.17) is 4.74 Å². The maximum atomic E-state index is 13.2. The number of benzene rings is 2. The minimum absolute atomic E-state index is 0.00472. The van der Waals surface area contributed by atoms with Gasteiger partial charge in [-0.1, -0.05) is 44.2 Å². The number of likely N-dealkylation sites (tertiary alicyclic amines) is 2. The smallest absolute Gasteiger partial charge is 0.253 e. The lowest BCUT2D eigenvalue weighted by Gasteiger charge is -2.32. The Morgan fingerprint density at radius 3 is 2.41 bits per heavy atom. The first kappa shape index (κ1) is 27.1. The highest BCUT2D eigenvalue weighted by Crippen LogP contribution is 2.29. The Hall–Kier alpha value is -2.94. The van der Waals surface area contributed by atoms with Gasteiger partial charge < -0.3 is 30.1 Å². The standard InChI is InChI=1S/C29H39N3O5/c1-20(2)30-17-21-5-3-6-23(15-21)22-9-12-31(13-10-22)29(36)24-7-4-8-25(16-24)37-14-11-28(35)32-18-26(33)27(34)19-32/h3-8,15-16,20,22,26-27,30,33-34H,9-14,17-19H2,1-2H3/t26-,27+. The molecule has 0 spiro atoms. The Morgan fingerprint density at radius 1 is 1.00 bits per heavy atom. The summed E-state index contributed by atoms with van der Waals surface area (Å²) in [6, 6.07) is 16.3. The fourth-order valence-electron chi connectivity index (χ4n) is 4.98. The summed E-state index contributed by atoms with van der Waals surface area (Å²) in [4.78, 5) is 28.8. The highest BCUT2D eigenvalue weighted by atomic mass is 16.5. The van der Waals surface area contributed by atoms with E-state index in [0.29, 0.717) is 36.4 Å². The van der Waals surface area contributed by atoms with Crippen molar-refractivity contribution in [2.75, 3.05) is 32.8 Å². The number of carbonyl (C=O) groups is 2. The van der Waals surface area contributed by atoms with Crippen LogP contribution in [0.2, 0.25) is 0 Å². The molecule has 8 heteroatoms. The molecule has 0 bridgehead atoms. The van der Waals surface area contributed by atoms with Crippen molar-refractivity contribution in [2.45, 2.75) is 63.8 Å². The molecule has 0 aromatic heterocycles.